The maximum Gasteiger partial charge on any atom is 0.273 e. The summed E-state index contributed by atoms with van der Waals surface area (Å²) < 4.78 is 24.0. The SMILES string of the molecule is O=C(COc1cccc([N+](=O)[O-])c1)Nc1cccc(COc2cccc(F)c2)c1. The summed E-state index contributed by atoms with van der Waals surface area (Å²) in [5.74, 6) is -0.164. The van der Waals surface area contributed by atoms with Crippen LogP contribution in [-0.2, 0) is 11.4 Å². The normalized spacial score (nSPS) is 10.2. The molecule has 1 N–H and O–H groups in total. The van der Waals surface area contributed by atoms with Crippen molar-refractivity contribution in [3.63, 3.8) is 0 Å². The highest BCUT2D eigenvalue weighted by Gasteiger charge is 2.09. The molecule has 148 valence electrons. The summed E-state index contributed by atoms with van der Waals surface area (Å²) in [4.78, 5) is 22.3. The minimum atomic E-state index is -0.537. The molecule has 0 fully saturated rings. The third kappa shape index (κ3) is 6.03. The van der Waals surface area contributed by atoms with Crippen molar-refractivity contribution in [2.45, 2.75) is 6.61 Å². The number of carbonyl (C=O) groups excluding carboxylic acids is 1. The van der Waals surface area contributed by atoms with Gasteiger partial charge in [0.25, 0.3) is 11.6 Å². The zero-order valence-corrected chi connectivity index (χ0v) is 15.2. The van der Waals surface area contributed by atoms with Crippen LogP contribution in [0.15, 0.2) is 72.8 Å². The largest absolute Gasteiger partial charge is 0.489 e. The van der Waals surface area contributed by atoms with E-state index in [1.807, 2.05) is 6.07 Å². The topological polar surface area (TPSA) is 90.7 Å². The predicted molar refractivity (Wildman–Crippen MR) is 104 cm³/mol. The summed E-state index contributed by atoms with van der Waals surface area (Å²) in [6.07, 6.45) is 0. The highest BCUT2D eigenvalue weighted by atomic mass is 19.1. The minimum Gasteiger partial charge on any atom is -0.489 e. The van der Waals surface area contributed by atoms with Gasteiger partial charge in [-0.25, -0.2) is 4.39 Å². The quantitative estimate of drug-likeness (QED) is 0.452. The second-order valence-corrected chi connectivity index (χ2v) is 6.04. The number of nitro benzene ring substituents is 1. The van der Waals surface area contributed by atoms with E-state index in [1.165, 1.54) is 36.4 Å². The van der Waals surface area contributed by atoms with Crippen LogP contribution in [0.25, 0.3) is 0 Å². The van der Waals surface area contributed by atoms with Gasteiger partial charge in [-0.15, -0.1) is 0 Å². The minimum absolute atomic E-state index is 0.117. The van der Waals surface area contributed by atoms with E-state index in [2.05, 4.69) is 5.32 Å². The molecule has 0 aliphatic carbocycles. The molecule has 0 spiro atoms. The molecule has 0 aliphatic rings. The van der Waals surface area contributed by atoms with Gasteiger partial charge in [-0.2, -0.15) is 0 Å². The first-order valence-corrected chi connectivity index (χ1v) is 8.64. The van der Waals surface area contributed by atoms with Crippen LogP contribution in [-0.4, -0.2) is 17.4 Å². The molecule has 0 heterocycles. The Hall–Kier alpha value is -3.94. The number of hydrogen-bond donors (Lipinski definition) is 1. The molecule has 3 aromatic rings. The monoisotopic (exact) mass is 396 g/mol. The Balaban J connectivity index is 1.53. The number of hydrogen-bond acceptors (Lipinski definition) is 5. The van der Waals surface area contributed by atoms with Gasteiger partial charge in [-0.1, -0.05) is 24.3 Å². The molecule has 3 aromatic carbocycles. The number of benzene rings is 3. The third-order valence-corrected chi connectivity index (χ3v) is 3.81. The molecule has 3 rings (SSSR count). The molecule has 0 saturated heterocycles. The predicted octanol–water partition coefficient (Wildman–Crippen LogP) is 4.33. The fraction of sp³-hybridized carbons (Fsp3) is 0.0952. The molecule has 0 unspecified atom stereocenters. The van der Waals surface area contributed by atoms with Gasteiger partial charge in [0.2, 0.25) is 0 Å². The molecule has 29 heavy (non-hydrogen) atoms. The van der Waals surface area contributed by atoms with Gasteiger partial charge in [0.05, 0.1) is 11.0 Å². The van der Waals surface area contributed by atoms with Gasteiger partial charge >= 0.3 is 0 Å². The van der Waals surface area contributed by atoms with Crippen LogP contribution in [0.3, 0.4) is 0 Å². The number of nitrogens with one attached hydrogen (secondary N) is 1. The van der Waals surface area contributed by atoms with E-state index in [4.69, 9.17) is 9.47 Å². The lowest BCUT2D eigenvalue weighted by Crippen LogP contribution is -2.20. The Labute approximate surface area is 165 Å². The maximum absolute atomic E-state index is 13.2. The lowest BCUT2D eigenvalue weighted by atomic mass is 10.2. The maximum atomic E-state index is 13.2. The van der Waals surface area contributed by atoms with Crippen molar-refractivity contribution < 1.29 is 23.6 Å². The van der Waals surface area contributed by atoms with E-state index in [-0.39, 0.29) is 30.5 Å². The van der Waals surface area contributed by atoms with Crippen molar-refractivity contribution in [2.75, 3.05) is 11.9 Å². The Kier molecular flexibility index (Phi) is 6.36. The molecule has 0 aromatic heterocycles. The second kappa shape index (κ2) is 9.32. The standard InChI is InChI=1S/C21H17FN2O5/c22-16-5-2-8-19(11-16)28-13-15-4-1-6-17(10-15)23-21(25)14-29-20-9-3-7-18(12-20)24(26)27/h1-12H,13-14H2,(H,23,25). The highest BCUT2D eigenvalue weighted by molar-refractivity contribution is 5.91. The van der Waals surface area contributed by atoms with Crippen LogP contribution >= 0.6 is 0 Å². The van der Waals surface area contributed by atoms with Crippen LogP contribution in [0, 0.1) is 15.9 Å². The van der Waals surface area contributed by atoms with E-state index >= 15 is 0 Å². The van der Waals surface area contributed by atoms with Crippen molar-refractivity contribution in [3.8, 4) is 11.5 Å². The molecule has 8 heteroatoms. The zero-order valence-electron chi connectivity index (χ0n) is 15.2. The summed E-state index contributed by atoms with van der Waals surface area (Å²) >= 11 is 0. The number of non-ortho nitro benzene ring substituents is 1. The Morgan fingerprint density at radius 2 is 1.69 bits per heavy atom. The summed E-state index contributed by atoms with van der Waals surface area (Å²) in [5.41, 5.74) is 1.21. The van der Waals surface area contributed by atoms with Crippen molar-refractivity contribution in [1.29, 1.82) is 0 Å². The lowest BCUT2D eigenvalue weighted by molar-refractivity contribution is -0.384. The average molecular weight is 396 g/mol. The summed E-state index contributed by atoms with van der Waals surface area (Å²) in [7, 11) is 0. The van der Waals surface area contributed by atoms with Gasteiger partial charge < -0.3 is 14.8 Å². The van der Waals surface area contributed by atoms with Crippen molar-refractivity contribution in [3.05, 3.63) is 94.3 Å². The third-order valence-electron chi connectivity index (χ3n) is 3.81. The van der Waals surface area contributed by atoms with Gasteiger partial charge in [-0.3, -0.25) is 14.9 Å². The summed E-state index contributed by atoms with van der Waals surface area (Å²) in [6, 6.07) is 18.4. The van der Waals surface area contributed by atoms with Crippen LogP contribution in [0.4, 0.5) is 15.8 Å². The van der Waals surface area contributed by atoms with Gasteiger partial charge in [0.15, 0.2) is 6.61 Å². The first-order valence-electron chi connectivity index (χ1n) is 8.64. The number of amides is 1. The number of ether oxygens (including phenoxy) is 2. The Bertz CT molecular complexity index is 1030. The smallest absolute Gasteiger partial charge is 0.273 e. The molecule has 0 bridgehead atoms. The number of nitrogens with zero attached hydrogens (tertiary/aromatic N) is 1. The van der Waals surface area contributed by atoms with E-state index in [0.29, 0.717) is 11.4 Å². The van der Waals surface area contributed by atoms with E-state index < -0.39 is 10.8 Å². The molecule has 0 aliphatic heterocycles. The van der Waals surface area contributed by atoms with Gasteiger partial charge in [0, 0.05) is 17.8 Å². The van der Waals surface area contributed by atoms with Crippen LogP contribution in [0.2, 0.25) is 0 Å². The van der Waals surface area contributed by atoms with Gasteiger partial charge in [0.1, 0.15) is 23.9 Å². The Morgan fingerprint density at radius 1 is 0.966 bits per heavy atom. The number of halogens is 1. The molecular weight excluding hydrogens is 379 g/mol. The van der Waals surface area contributed by atoms with E-state index in [1.54, 1.807) is 30.3 Å². The van der Waals surface area contributed by atoms with E-state index in [9.17, 15) is 19.3 Å². The molecule has 0 radical (unpaired) electrons. The highest BCUT2D eigenvalue weighted by Crippen LogP contribution is 2.19. The molecule has 0 atom stereocenters. The van der Waals surface area contributed by atoms with Gasteiger partial charge in [-0.05, 0) is 35.9 Å². The van der Waals surface area contributed by atoms with Crippen LogP contribution in [0.1, 0.15) is 5.56 Å². The summed E-state index contributed by atoms with van der Waals surface area (Å²) in [6.45, 7) is -0.0947. The van der Waals surface area contributed by atoms with Crippen LogP contribution < -0.4 is 14.8 Å². The second-order valence-electron chi connectivity index (χ2n) is 6.04. The average Bonchev–Trinajstić information content (AvgIpc) is 2.71. The van der Waals surface area contributed by atoms with Crippen LogP contribution in [0.5, 0.6) is 11.5 Å². The van der Waals surface area contributed by atoms with Crippen molar-refractivity contribution >= 4 is 17.3 Å². The number of rotatable bonds is 8. The molecular formula is C21H17FN2O5. The Morgan fingerprint density at radius 3 is 2.45 bits per heavy atom. The lowest BCUT2D eigenvalue weighted by Gasteiger charge is -2.10. The van der Waals surface area contributed by atoms with Crippen molar-refractivity contribution in [1.82, 2.24) is 0 Å². The zero-order chi connectivity index (χ0) is 20.6. The first kappa shape index (κ1) is 19.8. The number of nitro groups is 1. The molecule has 0 saturated carbocycles. The molecule has 7 nitrogen and oxygen atoms in total. The fourth-order valence-corrected chi connectivity index (χ4v) is 2.50. The van der Waals surface area contributed by atoms with E-state index in [0.717, 1.165) is 5.56 Å². The van der Waals surface area contributed by atoms with Crippen molar-refractivity contribution in [2.24, 2.45) is 0 Å². The molecule has 1 amide bonds. The first-order chi connectivity index (χ1) is 14.0. The summed E-state index contributed by atoms with van der Waals surface area (Å²) in [5, 5.41) is 13.5. The number of anilines is 1. The number of carbonyl (C=O) groups is 1. The fourth-order valence-electron chi connectivity index (χ4n) is 2.50.